The Balaban J connectivity index is 0. The maximum Gasteiger partial charge on any atom is 1.00 e. The number of rotatable bonds is 2. The monoisotopic (exact) mass is 114 g/mol. The number of hydrogen-bond donors (Lipinski definition) is 1. The van der Waals surface area contributed by atoms with Crippen LogP contribution in [-0.2, 0) is 12.6 Å². The van der Waals surface area contributed by atoms with Gasteiger partial charge in [-0.2, -0.15) is 5.75 Å². The van der Waals surface area contributed by atoms with E-state index < -0.39 is 0 Å². The van der Waals surface area contributed by atoms with E-state index >= 15 is 0 Å². The summed E-state index contributed by atoms with van der Waals surface area (Å²) in [6.07, 6.45) is 0.759. The zero-order valence-corrected chi connectivity index (χ0v) is 6.79. The fourth-order valence-corrected chi connectivity index (χ4v) is 0.194. The van der Waals surface area contributed by atoms with E-state index in [0.29, 0.717) is 5.75 Å². The molecule has 0 aliphatic carbocycles. The molecule has 0 saturated carbocycles. The van der Waals surface area contributed by atoms with Crippen molar-refractivity contribution in [3.63, 3.8) is 0 Å². The average molecular weight is 114 g/mol. The van der Waals surface area contributed by atoms with E-state index in [9.17, 15) is 0 Å². The Labute approximate surface area is 65.8 Å². The van der Waals surface area contributed by atoms with Crippen LogP contribution in [0.1, 0.15) is 6.42 Å². The minimum atomic E-state index is 0. The van der Waals surface area contributed by atoms with Gasteiger partial charge in [0.2, 0.25) is 0 Å². The van der Waals surface area contributed by atoms with Crippen molar-refractivity contribution in [1.82, 2.24) is 0 Å². The molecular weight excluding hydrogens is 107 g/mol. The summed E-state index contributed by atoms with van der Waals surface area (Å²) < 4.78 is 0. The van der Waals surface area contributed by atoms with Crippen molar-refractivity contribution in [2.24, 2.45) is 0 Å². The van der Waals surface area contributed by atoms with Crippen LogP contribution < -0.4 is 29.6 Å². The van der Waals surface area contributed by atoms with E-state index in [2.05, 4.69) is 12.6 Å². The van der Waals surface area contributed by atoms with Gasteiger partial charge in [-0.3, -0.25) is 0 Å². The standard InChI is InChI=1S/C3H8OS.Na/c4-2-1-3-5;/h4-5H,1-3H2;/q;+1/p-1. The first-order chi connectivity index (χ1) is 2.41. The summed E-state index contributed by atoms with van der Waals surface area (Å²) in [6, 6.07) is 0. The van der Waals surface area contributed by atoms with E-state index in [1.165, 1.54) is 0 Å². The van der Waals surface area contributed by atoms with Gasteiger partial charge in [0.1, 0.15) is 0 Å². The predicted octanol–water partition coefficient (Wildman–Crippen LogP) is -3.08. The molecule has 0 unspecified atom stereocenters. The number of hydrogen-bond acceptors (Lipinski definition) is 2. The van der Waals surface area contributed by atoms with Gasteiger partial charge in [-0.15, -0.1) is 0 Å². The van der Waals surface area contributed by atoms with Crippen molar-refractivity contribution in [2.75, 3.05) is 12.4 Å². The van der Waals surface area contributed by atoms with Crippen molar-refractivity contribution >= 4 is 12.6 Å². The van der Waals surface area contributed by atoms with E-state index in [1.807, 2.05) is 0 Å². The molecule has 1 N–H and O–H groups in total. The van der Waals surface area contributed by atoms with Crippen LogP contribution in [0.5, 0.6) is 0 Å². The molecule has 0 heterocycles. The first-order valence-electron chi connectivity index (χ1n) is 1.60. The van der Waals surface area contributed by atoms with E-state index in [0.717, 1.165) is 6.42 Å². The van der Waals surface area contributed by atoms with Crippen LogP contribution in [0.25, 0.3) is 0 Å². The quantitative estimate of drug-likeness (QED) is 0.303. The average Bonchev–Trinajstić information content (AvgIpc) is 1.41. The third-order valence-corrected chi connectivity index (χ3v) is 0.591. The van der Waals surface area contributed by atoms with Gasteiger partial charge in [-0.05, 0) is 0 Å². The Morgan fingerprint density at radius 3 is 2.00 bits per heavy atom. The maximum absolute atomic E-state index is 8.00. The molecule has 0 saturated heterocycles. The summed E-state index contributed by atoms with van der Waals surface area (Å²) in [5.74, 6) is 0.677. The molecule has 0 aliphatic heterocycles. The van der Waals surface area contributed by atoms with E-state index in [1.54, 1.807) is 0 Å². The maximum atomic E-state index is 8.00. The van der Waals surface area contributed by atoms with Crippen molar-refractivity contribution < 1.29 is 34.7 Å². The van der Waals surface area contributed by atoms with Gasteiger partial charge < -0.3 is 17.7 Å². The Hall–Kier alpha value is 1.31. The molecule has 0 radical (unpaired) electrons. The molecule has 0 amide bonds. The molecule has 0 rings (SSSR count). The first-order valence-corrected chi connectivity index (χ1v) is 2.18. The summed E-state index contributed by atoms with van der Waals surface area (Å²) >= 11 is 4.49. The van der Waals surface area contributed by atoms with Crippen LogP contribution in [0, 0.1) is 0 Å². The minimum absolute atomic E-state index is 0. The summed E-state index contributed by atoms with van der Waals surface area (Å²) in [6.45, 7) is 0.240. The van der Waals surface area contributed by atoms with Gasteiger partial charge in [-0.25, -0.2) is 0 Å². The third-order valence-electron chi connectivity index (χ3n) is 0.302. The third kappa shape index (κ3) is 9.00. The van der Waals surface area contributed by atoms with Crippen molar-refractivity contribution in [3.05, 3.63) is 0 Å². The molecule has 0 bridgehead atoms. The minimum Gasteiger partial charge on any atom is -0.793 e. The van der Waals surface area contributed by atoms with Gasteiger partial charge in [0, 0.05) is 6.61 Å². The summed E-state index contributed by atoms with van der Waals surface area (Å²) in [4.78, 5) is 0. The number of aliphatic hydroxyl groups excluding tert-OH is 1. The molecule has 0 atom stereocenters. The molecule has 0 aliphatic rings. The van der Waals surface area contributed by atoms with Gasteiger partial charge in [0.15, 0.2) is 0 Å². The molecule has 0 spiro atoms. The molecule has 0 aromatic carbocycles. The fraction of sp³-hybridized carbons (Fsp3) is 1.00. The zero-order valence-electron chi connectivity index (χ0n) is 3.98. The van der Waals surface area contributed by atoms with Crippen molar-refractivity contribution in [1.29, 1.82) is 0 Å². The Kier molecular flexibility index (Phi) is 16.5. The Bertz CT molecular complexity index is 18.3. The van der Waals surface area contributed by atoms with E-state index in [-0.39, 0.29) is 36.2 Å². The van der Waals surface area contributed by atoms with Crippen LogP contribution in [0.4, 0.5) is 0 Å². The van der Waals surface area contributed by atoms with Gasteiger partial charge >= 0.3 is 29.6 Å². The van der Waals surface area contributed by atoms with Crippen LogP contribution >= 0.6 is 0 Å². The summed E-state index contributed by atoms with van der Waals surface area (Å²) in [5.41, 5.74) is 0. The van der Waals surface area contributed by atoms with Gasteiger partial charge in [0.25, 0.3) is 0 Å². The fourth-order valence-electron chi connectivity index (χ4n) is 0.0645. The summed E-state index contributed by atoms with van der Waals surface area (Å²) in [5, 5.41) is 8.00. The van der Waals surface area contributed by atoms with Gasteiger partial charge in [0.05, 0.1) is 0 Å². The SMILES string of the molecule is OCCC[S-].[Na+]. The van der Waals surface area contributed by atoms with E-state index in [4.69, 9.17) is 5.11 Å². The molecule has 6 heavy (non-hydrogen) atoms. The molecule has 32 valence electrons. The second kappa shape index (κ2) is 9.58. The van der Waals surface area contributed by atoms with Crippen LogP contribution in [0.2, 0.25) is 0 Å². The first kappa shape index (κ1) is 10.3. The van der Waals surface area contributed by atoms with Crippen LogP contribution in [0.15, 0.2) is 0 Å². The predicted molar refractivity (Wildman–Crippen MR) is 23.9 cm³/mol. The zero-order chi connectivity index (χ0) is 4.12. The molecule has 0 aromatic rings. The second-order valence-electron chi connectivity index (χ2n) is 0.781. The molecule has 0 fully saturated rings. The molecule has 1 nitrogen and oxygen atoms in total. The van der Waals surface area contributed by atoms with Crippen molar-refractivity contribution in [3.8, 4) is 0 Å². The van der Waals surface area contributed by atoms with Gasteiger partial charge in [-0.1, -0.05) is 6.42 Å². The molecule has 3 heteroatoms. The molecular formula is C3H7NaOS. The van der Waals surface area contributed by atoms with Crippen LogP contribution in [0.3, 0.4) is 0 Å². The topological polar surface area (TPSA) is 20.2 Å². The largest absolute Gasteiger partial charge is 1.00 e. The second-order valence-corrected chi connectivity index (χ2v) is 1.19. The normalized spacial score (nSPS) is 7.00. The number of aliphatic hydroxyl groups is 1. The van der Waals surface area contributed by atoms with Crippen LogP contribution in [-0.4, -0.2) is 17.5 Å². The Morgan fingerprint density at radius 2 is 2.00 bits per heavy atom. The Morgan fingerprint density at radius 1 is 1.50 bits per heavy atom. The molecule has 0 aromatic heterocycles. The smallest absolute Gasteiger partial charge is 0.793 e. The summed E-state index contributed by atoms with van der Waals surface area (Å²) in [7, 11) is 0. The van der Waals surface area contributed by atoms with Crippen molar-refractivity contribution in [2.45, 2.75) is 6.42 Å².